The Morgan fingerprint density at radius 2 is 2.08 bits per heavy atom. The summed E-state index contributed by atoms with van der Waals surface area (Å²) >= 11 is 0. The van der Waals surface area contributed by atoms with Crippen molar-refractivity contribution in [2.24, 2.45) is 0 Å². The van der Waals surface area contributed by atoms with Crippen molar-refractivity contribution in [1.29, 1.82) is 0 Å². The molecular formula is C10H17N3. The first-order valence-corrected chi connectivity index (χ1v) is 5.00. The minimum absolute atomic E-state index is 0.669. The molecule has 3 heteroatoms. The lowest BCUT2D eigenvalue weighted by Crippen LogP contribution is -2.29. The fourth-order valence-corrected chi connectivity index (χ4v) is 2.09. The van der Waals surface area contributed by atoms with Crippen molar-refractivity contribution in [2.45, 2.75) is 32.7 Å². The van der Waals surface area contributed by atoms with Gasteiger partial charge in [-0.2, -0.15) is 0 Å². The first-order chi connectivity index (χ1) is 6.27. The topological polar surface area (TPSA) is 29.9 Å². The lowest BCUT2D eigenvalue weighted by atomic mass is 10.1. The van der Waals surface area contributed by atoms with Gasteiger partial charge in [0.25, 0.3) is 0 Å². The van der Waals surface area contributed by atoms with Crippen LogP contribution in [-0.4, -0.2) is 22.6 Å². The minimum Gasteiger partial charge on any atom is -0.332 e. The Labute approximate surface area is 79.2 Å². The van der Waals surface area contributed by atoms with E-state index < -0.39 is 0 Å². The number of hydrogen-bond donors (Lipinski definition) is 1. The van der Waals surface area contributed by atoms with Crippen molar-refractivity contribution in [3.05, 3.63) is 17.7 Å². The summed E-state index contributed by atoms with van der Waals surface area (Å²) in [5, 5.41) is 3.38. The van der Waals surface area contributed by atoms with E-state index in [0.29, 0.717) is 6.04 Å². The molecule has 0 atom stereocenters. The van der Waals surface area contributed by atoms with E-state index >= 15 is 0 Å². The summed E-state index contributed by atoms with van der Waals surface area (Å²) < 4.78 is 2.33. The molecule has 1 N–H and O–H groups in total. The zero-order valence-corrected chi connectivity index (χ0v) is 8.38. The van der Waals surface area contributed by atoms with E-state index in [4.69, 9.17) is 0 Å². The molecule has 1 aliphatic rings. The fraction of sp³-hybridized carbons (Fsp3) is 0.700. The molecule has 0 unspecified atom stereocenters. The van der Waals surface area contributed by atoms with Gasteiger partial charge in [-0.15, -0.1) is 0 Å². The normalized spacial score (nSPS) is 19.2. The standard InChI is InChI=1S/C10H17N3/c1-8-7-13(9(2)12-8)10-3-5-11-6-4-10/h7,10-11H,3-6H2,1-2H3. The maximum absolute atomic E-state index is 4.43. The molecule has 72 valence electrons. The number of hydrogen-bond acceptors (Lipinski definition) is 2. The molecule has 0 bridgehead atoms. The number of aryl methyl sites for hydroxylation is 2. The van der Waals surface area contributed by atoms with Gasteiger partial charge in [-0.25, -0.2) is 4.98 Å². The molecule has 13 heavy (non-hydrogen) atoms. The van der Waals surface area contributed by atoms with Crippen molar-refractivity contribution in [3.8, 4) is 0 Å². The first-order valence-electron chi connectivity index (χ1n) is 5.00. The largest absolute Gasteiger partial charge is 0.332 e. The van der Waals surface area contributed by atoms with Gasteiger partial charge in [-0.1, -0.05) is 0 Å². The van der Waals surface area contributed by atoms with E-state index in [-0.39, 0.29) is 0 Å². The average Bonchev–Trinajstić information content (AvgIpc) is 2.47. The van der Waals surface area contributed by atoms with Crippen LogP contribution < -0.4 is 5.32 Å². The van der Waals surface area contributed by atoms with Crippen LogP contribution in [0.2, 0.25) is 0 Å². The van der Waals surface area contributed by atoms with Crippen molar-refractivity contribution in [2.75, 3.05) is 13.1 Å². The smallest absolute Gasteiger partial charge is 0.106 e. The maximum atomic E-state index is 4.43. The summed E-state index contributed by atoms with van der Waals surface area (Å²) in [4.78, 5) is 4.43. The van der Waals surface area contributed by atoms with Gasteiger partial charge < -0.3 is 9.88 Å². The predicted molar refractivity (Wildman–Crippen MR) is 52.8 cm³/mol. The summed E-state index contributed by atoms with van der Waals surface area (Å²) in [6.45, 7) is 6.43. The molecule has 3 nitrogen and oxygen atoms in total. The third-order valence-electron chi connectivity index (χ3n) is 2.74. The van der Waals surface area contributed by atoms with E-state index in [1.807, 2.05) is 0 Å². The van der Waals surface area contributed by atoms with Crippen molar-refractivity contribution >= 4 is 0 Å². The molecule has 0 amide bonds. The van der Waals surface area contributed by atoms with Crippen molar-refractivity contribution in [1.82, 2.24) is 14.9 Å². The molecule has 0 aliphatic carbocycles. The van der Waals surface area contributed by atoms with E-state index in [2.05, 4.69) is 34.9 Å². The SMILES string of the molecule is Cc1cn(C2CCNCC2)c(C)n1. The van der Waals surface area contributed by atoms with E-state index in [0.717, 1.165) is 24.6 Å². The Bertz CT molecular complexity index is 284. The monoisotopic (exact) mass is 179 g/mol. The third-order valence-corrected chi connectivity index (χ3v) is 2.74. The molecular weight excluding hydrogens is 162 g/mol. The highest BCUT2D eigenvalue weighted by molar-refractivity contribution is 5.02. The van der Waals surface area contributed by atoms with Gasteiger partial charge in [0.05, 0.1) is 5.69 Å². The molecule has 1 saturated heterocycles. The molecule has 1 fully saturated rings. The Hall–Kier alpha value is -0.830. The lowest BCUT2D eigenvalue weighted by Gasteiger charge is -2.24. The van der Waals surface area contributed by atoms with Gasteiger partial charge in [0.2, 0.25) is 0 Å². The second-order valence-corrected chi connectivity index (χ2v) is 3.82. The number of imidazole rings is 1. The van der Waals surface area contributed by atoms with E-state index in [1.165, 1.54) is 12.8 Å². The number of piperidine rings is 1. The summed E-state index contributed by atoms with van der Waals surface area (Å²) in [6, 6.07) is 0.669. The molecule has 0 saturated carbocycles. The quantitative estimate of drug-likeness (QED) is 0.706. The number of aromatic nitrogens is 2. The van der Waals surface area contributed by atoms with Gasteiger partial charge in [-0.05, 0) is 39.8 Å². The second-order valence-electron chi connectivity index (χ2n) is 3.82. The molecule has 0 aromatic carbocycles. The van der Waals surface area contributed by atoms with E-state index in [9.17, 15) is 0 Å². The highest BCUT2D eigenvalue weighted by Crippen LogP contribution is 2.20. The Morgan fingerprint density at radius 3 is 2.62 bits per heavy atom. The van der Waals surface area contributed by atoms with Crippen LogP contribution in [0.3, 0.4) is 0 Å². The molecule has 1 aliphatic heterocycles. The van der Waals surface area contributed by atoms with Crippen LogP contribution in [0.15, 0.2) is 6.20 Å². The summed E-state index contributed by atoms with van der Waals surface area (Å²) in [5.74, 6) is 1.16. The van der Waals surface area contributed by atoms with Crippen LogP contribution in [0.5, 0.6) is 0 Å². The van der Waals surface area contributed by atoms with Crippen LogP contribution in [0.4, 0.5) is 0 Å². The molecule has 0 radical (unpaired) electrons. The van der Waals surface area contributed by atoms with Gasteiger partial charge in [0, 0.05) is 12.2 Å². The zero-order valence-electron chi connectivity index (χ0n) is 8.38. The van der Waals surface area contributed by atoms with Crippen molar-refractivity contribution < 1.29 is 0 Å². The van der Waals surface area contributed by atoms with Gasteiger partial charge in [-0.3, -0.25) is 0 Å². The van der Waals surface area contributed by atoms with Gasteiger partial charge in [0.1, 0.15) is 5.82 Å². The molecule has 1 aromatic heterocycles. The summed E-state index contributed by atoms with van der Waals surface area (Å²) in [7, 11) is 0. The second kappa shape index (κ2) is 3.50. The molecule has 2 heterocycles. The Balaban J connectivity index is 2.18. The average molecular weight is 179 g/mol. The Morgan fingerprint density at radius 1 is 1.38 bits per heavy atom. The highest BCUT2D eigenvalue weighted by atomic mass is 15.1. The van der Waals surface area contributed by atoms with Crippen LogP contribution in [-0.2, 0) is 0 Å². The highest BCUT2D eigenvalue weighted by Gasteiger charge is 2.16. The molecule has 1 aromatic rings. The number of rotatable bonds is 1. The molecule has 2 rings (SSSR count). The van der Waals surface area contributed by atoms with Crippen LogP contribution in [0, 0.1) is 13.8 Å². The third kappa shape index (κ3) is 1.75. The van der Waals surface area contributed by atoms with Gasteiger partial charge >= 0.3 is 0 Å². The minimum atomic E-state index is 0.669. The summed E-state index contributed by atoms with van der Waals surface area (Å²) in [6.07, 6.45) is 4.64. The number of nitrogens with zero attached hydrogens (tertiary/aromatic N) is 2. The maximum Gasteiger partial charge on any atom is 0.106 e. The molecule has 0 spiro atoms. The fourth-order valence-electron chi connectivity index (χ4n) is 2.09. The van der Waals surface area contributed by atoms with Crippen LogP contribution >= 0.6 is 0 Å². The predicted octanol–water partition coefficient (Wildman–Crippen LogP) is 1.42. The first kappa shape index (κ1) is 8.75. The number of nitrogens with one attached hydrogen (secondary N) is 1. The zero-order chi connectivity index (χ0) is 9.26. The Kier molecular flexibility index (Phi) is 2.36. The van der Waals surface area contributed by atoms with Crippen LogP contribution in [0.25, 0.3) is 0 Å². The van der Waals surface area contributed by atoms with Crippen LogP contribution in [0.1, 0.15) is 30.4 Å². The van der Waals surface area contributed by atoms with Gasteiger partial charge in [0.15, 0.2) is 0 Å². The van der Waals surface area contributed by atoms with E-state index in [1.54, 1.807) is 0 Å². The summed E-state index contributed by atoms with van der Waals surface area (Å²) in [5.41, 5.74) is 1.14. The lowest BCUT2D eigenvalue weighted by molar-refractivity contribution is 0.363. The van der Waals surface area contributed by atoms with Crippen molar-refractivity contribution in [3.63, 3.8) is 0 Å².